The van der Waals surface area contributed by atoms with Crippen LogP contribution >= 0.6 is 34.7 Å². The summed E-state index contributed by atoms with van der Waals surface area (Å²) in [5, 5.41) is 1.37. The highest BCUT2D eigenvalue weighted by atomic mass is 35.5. The number of amides is 1. The lowest BCUT2D eigenvalue weighted by atomic mass is 10.2. The van der Waals surface area contributed by atoms with E-state index in [1.807, 2.05) is 49.6 Å². The minimum atomic E-state index is -0.0270. The number of aryl methyl sites for hydroxylation is 1. The van der Waals surface area contributed by atoms with Crippen LogP contribution in [0.25, 0.3) is 10.2 Å². The number of hydrogen-bond donors (Lipinski definition) is 0. The molecule has 2 aromatic carbocycles. The molecular weight excluding hydrogens is 422 g/mol. The maximum Gasteiger partial charge on any atom is 0.260 e. The monoisotopic (exact) mass is 447 g/mol. The Morgan fingerprint density at radius 1 is 1.17 bits per heavy atom. The van der Waals surface area contributed by atoms with Gasteiger partial charge in [0, 0.05) is 23.5 Å². The standard InChI is InChI=1S/C22H26ClN3OS2/c1-5-25(6-2)12-13-26(21(27)16-8-7-9-17(14-16)28-4)22-24-19-15(3)10-11-18(23)20(19)29-22/h7-11,14H,5-6,12-13H2,1-4H3. The Hall–Kier alpha value is -1.60. The molecule has 154 valence electrons. The molecule has 1 heterocycles. The molecule has 1 amide bonds. The number of aromatic nitrogens is 1. The first-order valence-electron chi connectivity index (χ1n) is 9.72. The molecule has 0 aliphatic heterocycles. The second kappa shape index (κ2) is 9.94. The quantitative estimate of drug-likeness (QED) is 0.398. The largest absolute Gasteiger partial charge is 0.302 e. The number of hydrogen-bond acceptors (Lipinski definition) is 5. The molecule has 0 fully saturated rings. The van der Waals surface area contributed by atoms with E-state index in [0.717, 1.165) is 40.3 Å². The van der Waals surface area contributed by atoms with E-state index in [-0.39, 0.29) is 5.91 Å². The van der Waals surface area contributed by atoms with E-state index in [1.54, 1.807) is 16.7 Å². The molecule has 0 saturated carbocycles. The third-order valence-corrected chi connectivity index (χ3v) is 7.28. The Morgan fingerprint density at radius 2 is 1.93 bits per heavy atom. The maximum absolute atomic E-state index is 13.5. The number of carbonyl (C=O) groups excluding carboxylic acids is 1. The van der Waals surface area contributed by atoms with Gasteiger partial charge in [-0.3, -0.25) is 9.69 Å². The number of rotatable bonds is 8. The summed E-state index contributed by atoms with van der Waals surface area (Å²) in [6.07, 6.45) is 2.01. The summed E-state index contributed by atoms with van der Waals surface area (Å²) in [4.78, 5) is 23.5. The van der Waals surface area contributed by atoms with E-state index >= 15 is 0 Å². The molecule has 0 aliphatic rings. The van der Waals surface area contributed by atoms with Crippen LogP contribution in [-0.2, 0) is 0 Å². The molecule has 0 aliphatic carbocycles. The van der Waals surface area contributed by atoms with E-state index in [0.29, 0.717) is 22.3 Å². The highest BCUT2D eigenvalue weighted by Crippen LogP contribution is 2.36. The smallest absolute Gasteiger partial charge is 0.260 e. The minimum absolute atomic E-state index is 0.0270. The molecule has 0 N–H and O–H groups in total. The van der Waals surface area contributed by atoms with Crippen LogP contribution in [-0.4, -0.2) is 48.2 Å². The lowest BCUT2D eigenvalue weighted by Crippen LogP contribution is -2.38. The molecule has 3 aromatic rings. The topological polar surface area (TPSA) is 36.4 Å². The Labute approximate surface area is 185 Å². The first-order valence-corrected chi connectivity index (χ1v) is 12.1. The number of anilines is 1. The molecule has 4 nitrogen and oxygen atoms in total. The molecule has 0 atom stereocenters. The van der Waals surface area contributed by atoms with Crippen molar-refractivity contribution in [2.24, 2.45) is 0 Å². The molecule has 0 saturated heterocycles. The van der Waals surface area contributed by atoms with Crippen molar-refractivity contribution < 1.29 is 4.79 Å². The van der Waals surface area contributed by atoms with Crippen molar-refractivity contribution in [1.82, 2.24) is 9.88 Å². The van der Waals surface area contributed by atoms with Gasteiger partial charge in [-0.15, -0.1) is 11.8 Å². The van der Waals surface area contributed by atoms with Gasteiger partial charge in [-0.25, -0.2) is 4.98 Å². The van der Waals surface area contributed by atoms with E-state index in [1.165, 1.54) is 11.3 Å². The highest BCUT2D eigenvalue weighted by molar-refractivity contribution is 7.98. The van der Waals surface area contributed by atoms with Crippen molar-refractivity contribution in [3.63, 3.8) is 0 Å². The number of halogens is 1. The van der Waals surface area contributed by atoms with Crippen LogP contribution in [0.1, 0.15) is 29.8 Å². The van der Waals surface area contributed by atoms with Crippen LogP contribution in [0.15, 0.2) is 41.3 Å². The fourth-order valence-electron chi connectivity index (χ4n) is 3.18. The highest BCUT2D eigenvalue weighted by Gasteiger charge is 2.23. The number of thiazole rings is 1. The van der Waals surface area contributed by atoms with Gasteiger partial charge < -0.3 is 4.90 Å². The van der Waals surface area contributed by atoms with Gasteiger partial charge in [0.1, 0.15) is 0 Å². The number of likely N-dealkylation sites (N-methyl/N-ethyl adjacent to an activating group) is 1. The van der Waals surface area contributed by atoms with Crippen molar-refractivity contribution in [2.45, 2.75) is 25.7 Å². The van der Waals surface area contributed by atoms with Crippen LogP contribution in [0, 0.1) is 6.92 Å². The molecule has 1 aromatic heterocycles. The van der Waals surface area contributed by atoms with Gasteiger partial charge in [0.05, 0.1) is 15.2 Å². The normalized spacial score (nSPS) is 11.4. The average Bonchev–Trinajstić information content (AvgIpc) is 3.20. The molecule has 0 radical (unpaired) electrons. The maximum atomic E-state index is 13.5. The number of carbonyl (C=O) groups is 1. The molecule has 29 heavy (non-hydrogen) atoms. The first kappa shape index (κ1) is 22.1. The number of fused-ring (bicyclic) bond motifs is 1. The molecule has 0 unspecified atom stereocenters. The van der Waals surface area contributed by atoms with Crippen molar-refractivity contribution in [3.05, 3.63) is 52.5 Å². The zero-order valence-corrected chi connectivity index (χ0v) is 19.6. The van der Waals surface area contributed by atoms with Gasteiger partial charge in [0.25, 0.3) is 5.91 Å². The Kier molecular flexibility index (Phi) is 7.57. The molecule has 0 spiro atoms. The van der Waals surface area contributed by atoms with Crippen molar-refractivity contribution >= 4 is 56.0 Å². The summed E-state index contributed by atoms with van der Waals surface area (Å²) in [6.45, 7) is 9.57. The number of nitrogens with zero attached hydrogens (tertiary/aromatic N) is 3. The number of benzene rings is 2. The second-order valence-corrected chi connectivity index (χ2v) is 9.02. The molecule has 7 heteroatoms. The van der Waals surface area contributed by atoms with Crippen LogP contribution in [0.4, 0.5) is 5.13 Å². The SMILES string of the molecule is CCN(CC)CCN(C(=O)c1cccc(SC)c1)c1nc2c(C)ccc(Cl)c2s1. The zero-order chi connectivity index (χ0) is 21.0. The Bertz CT molecular complexity index is 962. The average molecular weight is 448 g/mol. The fourth-order valence-corrected chi connectivity index (χ4v) is 4.98. The lowest BCUT2D eigenvalue weighted by Gasteiger charge is -2.25. The summed E-state index contributed by atoms with van der Waals surface area (Å²) < 4.78 is 0.931. The predicted molar refractivity (Wildman–Crippen MR) is 127 cm³/mol. The summed E-state index contributed by atoms with van der Waals surface area (Å²) in [6, 6.07) is 11.6. The van der Waals surface area contributed by atoms with E-state index in [4.69, 9.17) is 16.6 Å². The van der Waals surface area contributed by atoms with Gasteiger partial charge in [0.2, 0.25) is 0 Å². The van der Waals surface area contributed by atoms with Crippen LogP contribution < -0.4 is 4.90 Å². The Morgan fingerprint density at radius 3 is 2.59 bits per heavy atom. The van der Waals surface area contributed by atoms with Crippen LogP contribution in [0.3, 0.4) is 0 Å². The van der Waals surface area contributed by atoms with Crippen LogP contribution in [0.5, 0.6) is 0 Å². The van der Waals surface area contributed by atoms with Crippen molar-refractivity contribution in [3.8, 4) is 0 Å². The van der Waals surface area contributed by atoms with Gasteiger partial charge >= 0.3 is 0 Å². The van der Waals surface area contributed by atoms with E-state index in [9.17, 15) is 4.79 Å². The first-order chi connectivity index (χ1) is 14.0. The van der Waals surface area contributed by atoms with Crippen molar-refractivity contribution in [2.75, 3.05) is 37.3 Å². The number of thioether (sulfide) groups is 1. The third kappa shape index (κ3) is 4.94. The third-order valence-electron chi connectivity index (χ3n) is 5.01. The molecule has 0 bridgehead atoms. The fraction of sp³-hybridized carbons (Fsp3) is 0.364. The lowest BCUT2D eigenvalue weighted by molar-refractivity contribution is 0.0983. The summed E-state index contributed by atoms with van der Waals surface area (Å²) in [5.41, 5.74) is 2.61. The van der Waals surface area contributed by atoms with Crippen molar-refractivity contribution in [1.29, 1.82) is 0 Å². The molecule has 3 rings (SSSR count). The van der Waals surface area contributed by atoms with E-state index in [2.05, 4.69) is 18.7 Å². The zero-order valence-electron chi connectivity index (χ0n) is 17.2. The summed E-state index contributed by atoms with van der Waals surface area (Å²) in [7, 11) is 0. The minimum Gasteiger partial charge on any atom is -0.302 e. The summed E-state index contributed by atoms with van der Waals surface area (Å²) in [5.74, 6) is -0.0270. The van der Waals surface area contributed by atoms with Crippen LogP contribution in [0.2, 0.25) is 5.02 Å². The van der Waals surface area contributed by atoms with Gasteiger partial charge in [0.15, 0.2) is 5.13 Å². The summed E-state index contributed by atoms with van der Waals surface area (Å²) >= 11 is 9.53. The predicted octanol–water partition coefficient (Wildman–Crippen LogP) is 5.97. The Balaban J connectivity index is 2.01. The van der Waals surface area contributed by atoms with Gasteiger partial charge in [-0.05, 0) is 56.1 Å². The molecular formula is C22H26ClN3OS2. The van der Waals surface area contributed by atoms with Gasteiger partial charge in [-0.2, -0.15) is 0 Å². The van der Waals surface area contributed by atoms with E-state index < -0.39 is 0 Å². The van der Waals surface area contributed by atoms with Gasteiger partial charge in [-0.1, -0.05) is 48.9 Å². The second-order valence-electron chi connectivity index (χ2n) is 6.75.